The van der Waals surface area contributed by atoms with Gasteiger partial charge in [0.1, 0.15) is 20.4 Å². The Balaban J connectivity index is -0.000000142. The van der Waals surface area contributed by atoms with E-state index in [0.29, 0.717) is 0 Å². The fourth-order valence-electron chi connectivity index (χ4n) is 1.21. The Hall–Kier alpha value is -0.462. The molecular weight excluding hydrogens is 332 g/mol. The minimum Gasteiger partial charge on any atom is -0.314 e. The van der Waals surface area contributed by atoms with Crippen molar-refractivity contribution in [2.45, 2.75) is 0 Å². The molecule has 0 atom stereocenters. The monoisotopic (exact) mass is 360 g/mol. The molecule has 0 unspecified atom stereocenters. The van der Waals surface area contributed by atoms with Crippen LogP contribution in [-0.2, 0) is 35.4 Å². The van der Waals surface area contributed by atoms with Crippen molar-refractivity contribution >= 4 is 20.4 Å². The Morgan fingerprint density at radius 1 is 0.421 bits per heavy atom. The third-order valence-corrected chi connectivity index (χ3v) is 1.91. The Labute approximate surface area is 129 Å². The first kappa shape index (κ1) is 27.0. The van der Waals surface area contributed by atoms with Gasteiger partial charge in [-0.3, -0.25) is 0 Å². The summed E-state index contributed by atoms with van der Waals surface area (Å²) in [6, 6.07) is 0. The zero-order valence-electron chi connectivity index (χ0n) is 11.4. The van der Waals surface area contributed by atoms with Crippen molar-refractivity contribution < 1.29 is 35.4 Å². The SMILES string of the molecule is C1CNCCNCCNCCN1.C=O.C=O.C=O.[Mo]. The molecule has 0 amide bonds. The summed E-state index contributed by atoms with van der Waals surface area (Å²) in [5.41, 5.74) is 0. The van der Waals surface area contributed by atoms with E-state index in [1.54, 1.807) is 0 Å². The van der Waals surface area contributed by atoms with Gasteiger partial charge < -0.3 is 35.7 Å². The van der Waals surface area contributed by atoms with E-state index in [9.17, 15) is 0 Å². The zero-order valence-corrected chi connectivity index (χ0v) is 13.4. The second-order valence-electron chi connectivity index (χ2n) is 3.00. The molecule has 0 saturated carbocycles. The molecule has 1 saturated heterocycles. The molecule has 1 rings (SSSR count). The summed E-state index contributed by atoms with van der Waals surface area (Å²) < 4.78 is 0. The van der Waals surface area contributed by atoms with Crippen molar-refractivity contribution in [3.63, 3.8) is 0 Å². The third kappa shape index (κ3) is 31.8. The first-order valence-electron chi connectivity index (χ1n) is 5.69. The standard InChI is InChI=1S/C8H20N4.3CH2O.Mo/c1-2-10-5-6-12-8-7-11-4-3-9-1;3*1-2;/h9-12H,1-8H2;3*1H2;. The van der Waals surface area contributed by atoms with Crippen molar-refractivity contribution in [1.82, 2.24) is 21.3 Å². The quantitative estimate of drug-likeness (QED) is 0.365. The molecule has 7 nitrogen and oxygen atoms in total. The summed E-state index contributed by atoms with van der Waals surface area (Å²) in [6.45, 7) is 14.6. The summed E-state index contributed by atoms with van der Waals surface area (Å²) in [5.74, 6) is 0. The molecule has 0 aromatic rings. The van der Waals surface area contributed by atoms with E-state index < -0.39 is 0 Å². The van der Waals surface area contributed by atoms with Gasteiger partial charge in [-0.25, -0.2) is 0 Å². The smallest absolute Gasteiger partial charge is 0.106 e. The molecule has 1 heterocycles. The number of rotatable bonds is 0. The van der Waals surface area contributed by atoms with E-state index in [0.717, 1.165) is 52.4 Å². The largest absolute Gasteiger partial charge is 0.314 e. The van der Waals surface area contributed by atoms with Crippen LogP contribution in [0.25, 0.3) is 0 Å². The van der Waals surface area contributed by atoms with E-state index >= 15 is 0 Å². The van der Waals surface area contributed by atoms with Gasteiger partial charge in [-0.05, 0) is 0 Å². The fraction of sp³-hybridized carbons (Fsp3) is 0.727. The number of carbonyl (C=O) groups is 3. The summed E-state index contributed by atoms with van der Waals surface area (Å²) >= 11 is 0. The predicted octanol–water partition coefficient (Wildman–Crippen LogP) is -2.20. The summed E-state index contributed by atoms with van der Waals surface area (Å²) in [5, 5.41) is 13.4. The second-order valence-corrected chi connectivity index (χ2v) is 3.00. The summed E-state index contributed by atoms with van der Waals surface area (Å²) in [7, 11) is 0. The molecular formula is C11H26MoN4O3. The zero-order chi connectivity index (χ0) is 14.5. The van der Waals surface area contributed by atoms with E-state index in [2.05, 4.69) is 21.3 Å². The van der Waals surface area contributed by atoms with E-state index in [-0.39, 0.29) is 21.1 Å². The molecule has 19 heavy (non-hydrogen) atoms. The van der Waals surface area contributed by atoms with Crippen molar-refractivity contribution in [3.8, 4) is 0 Å². The van der Waals surface area contributed by atoms with Crippen LogP contribution in [0.5, 0.6) is 0 Å². The molecule has 0 spiro atoms. The van der Waals surface area contributed by atoms with Crippen LogP contribution in [0.1, 0.15) is 0 Å². The molecule has 8 heteroatoms. The second kappa shape index (κ2) is 36.0. The van der Waals surface area contributed by atoms with Crippen LogP contribution in [0.4, 0.5) is 0 Å². The third-order valence-electron chi connectivity index (χ3n) is 1.91. The molecule has 0 bridgehead atoms. The van der Waals surface area contributed by atoms with Crippen LogP contribution in [0.2, 0.25) is 0 Å². The average molecular weight is 358 g/mol. The van der Waals surface area contributed by atoms with Crippen molar-refractivity contribution in [3.05, 3.63) is 0 Å². The summed E-state index contributed by atoms with van der Waals surface area (Å²) in [4.78, 5) is 24.0. The molecule has 0 aliphatic carbocycles. The maximum atomic E-state index is 8.00. The molecule has 1 aliphatic heterocycles. The van der Waals surface area contributed by atoms with Crippen LogP contribution in [-0.4, -0.2) is 72.7 Å². The number of carbonyl (C=O) groups excluding carboxylic acids is 3. The molecule has 1 aliphatic rings. The number of hydrogen-bond donors (Lipinski definition) is 4. The summed E-state index contributed by atoms with van der Waals surface area (Å²) in [6.07, 6.45) is 0. The van der Waals surface area contributed by atoms with Crippen molar-refractivity contribution in [2.24, 2.45) is 0 Å². The van der Waals surface area contributed by atoms with Gasteiger partial charge in [0.2, 0.25) is 0 Å². The minimum absolute atomic E-state index is 0. The number of nitrogens with one attached hydrogen (secondary N) is 4. The molecule has 114 valence electrons. The number of hydrogen-bond acceptors (Lipinski definition) is 7. The van der Waals surface area contributed by atoms with Gasteiger partial charge in [-0.15, -0.1) is 0 Å². The molecule has 4 N–H and O–H groups in total. The molecule has 0 radical (unpaired) electrons. The van der Waals surface area contributed by atoms with E-state index in [4.69, 9.17) is 14.4 Å². The van der Waals surface area contributed by atoms with Gasteiger partial charge in [0.25, 0.3) is 0 Å². The van der Waals surface area contributed by atoms with Crippen LogP contribution in [0, 0.1) is 0 Å². The normalized spacial score (nSPS) is 15.8. The molecule has 1 fully saturated rings. The van der Waals surface area contributed by atoms with Gasteiger partial charge in [0, 0.05) is 73.4 Å². The first-order valence-corrected chi connectivity index (χ1v) is 5.69. The van der Waals surface area contributed by atoms with Gasteiger partial charge >= 0.3 is 0 Å². The van der Waals surface area contributed by atoms with Crippen LogP contribution >= 0.6 is 0 Å². The van der Waals surface area contributed by atoms with Crippen LogP contribution in [0.3, 0.4) is 0 Å². The molecule has 0 aromatic heterocycles. The van der Waals surface area contributed by atoms with Crippen LogP contribution in [0.15, 0.2) is 0 Å². The first-order chi connectivity index (χ1) is 9.00. The van der Waals surface area contributed by atoms with Crippen LogP contribution < -0.4 is 21.3 Å². The maximum absolute atomic E-state index is 8.00. The Bertz CT molecular complexity index is 99.3. The van der Waals surface area contributed by atoms with Gasteiger partial charge in [-0.2, -0.15) is 0 Å². The average Bonchev–Trinajstić information content (AvgIpc) is 2.46. The topological polar surface area (TPSA) is 99.3 Å². The molecule has 0 aromatic carbocycles. The Morgan fingerprint density at radius 2 is 0.526 bits per heavy atom. The minimum atomic E-state index is 0. The fourth-order valence-corrected chi connectivity index (χ4v) is 1.21. The van der Waals surface area contributed by atoms with Crippen molar-refractivity contribution in [2.75, 3.05) is 52.4 Å². The van der Waals surface area contributed by atoms with Gasteiger partial charge in [-0.1, -0.05) is 0 Å². The Kier molecular flexibility index (Phi) is 51.2. The van der Waals surface area contributed by atoms with Gasteiger partial charge in [0.15, 0.2) is 0 Å². The Morgan fingerprint density at radius 3 is 0.632 bits per heavy atom. The van der Waals surface area contributed by atoms with Gasteiger partial charge in [0.05, 0.1) is 0 Å². The maximum Gasteiger partial charge on any atom is 0.106 e. The van der Waals surface area contributed by atoms with E-state index in [1.807, 2.05) is 20.4 Å². The van der Waals surface area contributed by atoms with Crippen molar-refractivity contribution in [1.29, 1.82) is 0 Å². The van der Waals surface area contributed by atoms with E-state index in [1.165, 1.54) is 0 Å². The predicted molar refractivity (Wildman–Crippen MR) is 72.8 cm³/mol.